The Kier molecular flexibility index (Phi) is 2.39. The van der Waals surface area contributed by atoms with E-state index in [1.807, 2.05) is 4.52 Å². The Morgan fingerprint density at radius 1 is 1.19 bits per heavy atom. The molecule has 0 aromatic carbocycles. The molecule has 1 fully saturated rings. The molecule has 2 aromatic heterocycles. The normalized spacial score (nSPS) is 18.1. The van der Waals surface area contributed by atoms with E-state index in [9.17, 15) is 0 Å². The molecule has 0 bridgehead atoms. The first kappa shape index (κ1) is 9.82. The summed E-state index contributed by atoms with van der Waals surface area (Å²) in [6.07, 6.45) is 8.61. The number of aromatic nitrogens is 3. The zero-order chi connectivity index (χ0) is 11.0. The third-order valence-corrected chi connectivity index (χ3v) is 3.47. The summed E-state index contributed by atoms with van der Waals surface area (Å²) in [7, 11) is 0. The Hall–Kier alpha value is -1.38. The quantitative estimate of drug-likeness (QED) is 0.731. The number of hydrogen-bond donors (Lipinski definition) is 0. The van der Waals surface area contributed by atoms with Crippen molar-refractivity contribution in [3.8, 4) is 0 Å². The molecule has 0 atom stereocenters. The molecule has 3 heteroatoms. The van der Waals surface area contributed by atoms with Gasteiger partial charge in [0, 0.05) is 12.1 Å². The third kappa shape index (κ3) is 1.70. The molecule has 0 spiro atoms. The van der Waals surface area contributed by atoms with Crippen molar-refractivity contribution in [2.75, 3.05) is 0 Å². The third-order valence-electron chi connectivity index (χ3n) is 3.47. The Bertz CT molecular complexity index is 495. The zero-order valence-electron chi connectivity index (χ0n) is 9.69. The lowest BCUT2D eigenvalue weighted by atomic mass is 9.89. The SMILES string of the molecule is Cc1ccc2nc(C3CCCCC3)nn2c1. The number of fused-ring (bicyclic) bond motifs is 1. The lowest BCUT2D eigenvalue weighted by Gasteiger charge is -2.17. The average molecular weight is 215 g/mol. The summed E-state index contributed by atoms with van der Waals surface area (Å²) >= 11 is 0. The van der Waals surface area contributed by atoms with Crippen molar-refractivity contribution in [1.82, 2.24) is 14.6 Å². The van der Waals surface area contributed by atoms with E-state index in [4.69, 9.17) is 0 Å². The second kappa shape index (κ2) is 3.89. The first-order valence-electron chi connectivity index (χ1n) is 6.16. The summed E-state index contributed by atoms with van der Waals surface area (Å²) < 4.78 is 1.92. The van der Waals surface area contributed by atoms with Crippen molar-refractivity contribution in [2.45, 2.75) is 44.9 Å². The van der Waals surface area contributed by atoms with Gasteiger partial charge in [0.15, 0.2) is 11.5 Å². The second-order valence-corrected chi connectivity index (χ2v) is 4.81. The predicted molar refractivity (Wildman–Crippen MR) is 63.6 cm³/mol. The first-order chi connectivity index (χ1) is 7.83. The van der Waals surface area contributed by atoms with Crippen LogP contribution in [0.4, 0.5) is 0 Å². The molecule has 1 aliphatic carbocycles. The average Bonchev–Trinajstić information content (AvgIpc) is 2.73. The summed E-state index contributed by atoms with van der Waals surface area (Å²) in [6, 6.07) is 4.14. The second-order valence-electron chi connectivity index (χ2n) is 4.81. The fourth-order valence-electron chi connectivity index (χ4n) is 2.54. The fraction of sp³-hybridized carbons (Fsp3) is 0.538. The zero-order valence-corrected chi connectivity index (χ0v) is 9.69. The Morgan fingerprint density at radius 3 is 2.81 bits per heavy atom. The fourth-order valence-corrected chi connectivity index (χ4v) is 2.54. The molecule has 16 heavy (non-hydrogen) atoms. The summed E-state index contributed by atoms with van der Waals surface area (Å²) in [4.78, 5) is 4.63. The van der Waals surface area contributed by atoms with Crippen molar-refractivity contribution >= 4 is 5.65 Å². The molecule has 0 radical (unpaired) electrons. The summed E-state index contributed by atoms with van der Waals surface area (Å²) in [5, 5.41) is 4.60. The van der Waals surface area contributed by atoms with Crippen LogP contribution in [-0.4, -0.2) is 14.6 Å². The van der Waals surface area contributed by atoms with E-state index in [1.54, 1.807) is 0 Å². The molecule has 0 amide bonds. The smallest absolute Gasteiger partial charge is 0.155 e. The van der Waals surface area contributed by atoms with Crippen LogP contribution in [0.3, 0.4) is 0 Å². The van der Waals surface area contributed by atoms with Gasteiger partial charge in [0.2, 0.25) is 0 Å². The van der Waals surface area contributed by atoms with Crippen LogP contribution in [0, 0.1) is 6.92 Å². The van der Waals surface area contributed by atoms with Gasteiger partial charge in [-0.05, 0) is 31.4 Å². The van der Waals surface area contributed by atoms with Crippen LogP contribution in [0.1, 0.15) is 49.4 Å². The maximum atomic E-state index is 4.63. The maximum absolute atomic E-state index is 4.63. The van der Waals surface area contributed by atoms with E-state index < -0.39 is 0 Å². The molecule has 0 saturated heterocycles. The van der Waals surface area contributed by atoms with Crippen LogP contribution in [0.15, 0.2) is 18.3 Å². The van der Waals surface area contributed by atoms with E-state index in [0.717, 1.165) is 11.5 Å². The van der Waals surface area contributed by atoms with Crippen LogP contribution in [0.5, 0.6) is 0 Å². The standard InChI is InChI=1S/C13H17N3/c1-10-7-8-12-14-13(15-16(12)9-10)11-5-3-2-4-6-11/h7-9,11H,2-6H2,1H3. The summed E-state index contributed by atoms with van der Waals surface area (Å²) in [5.41, 5.74) is 2.21. The minimum atomic E-state index is 0.592. The number of nitrogens with zero attached hydrogens (tertiary/aromatic N) is 3. The molecule has 1 saturated carbocycles. The molecule has 3 rings (SSSR count). The molecule has 2 heterocycles. The van der Waals surface area contributed by atoms with E-state index >= 15 is 0 Å². The van der Waals surface area contributed by atoms with E-state index in [2.05, 4.69) is 35.3 Å². The van der Waals surface area contributed by atoms with E-state index in [0.29, 0.717) is 5.92 Å². The molecular formula is C13H17N3. The molecule has 1 aliphatic rings. The van der Waals surface area contributed by atoms with Crippen LogP contribution in [-0.2, 0) is 0 Å². The van der Waals surface area contributed by atoms with Crippen LogP contribution in [0.2, 0.25) is 0 Å². The van der Waals surface area contributed by atoms with Gasteiger partial charge in [-0.3, -0.25) is 0 Å². The van der Waals surface area contributed by atoms with Crippen molar-refractivity contribution in [3.05, 3.63) is 29.7 Å². The number of aryl methyl sites for hydroxylation is 1. The van der Waals surface area contributed by atoms with E-state index in [-0.39, 0.29) is 0 Å². The minimum Gasteiger partial charge on any atom is -0.221 e. The Balaban J connectivity index is 1.97. The van der Waals surface area contributed by atoms with Crippen molar-refractivity contribution in [3.63, 3.8) is 0 Å². The van der Waals surface area contributed by atoms with Crippen molar-refractivity contribution in [2.24, 2.45) is 0 Å². The molecular weight excluding hydrogens is 198 g/mol. The van der Waals surface area contributed by atoms with Crippen molar-refractivity contribution < 1.29 is 0 Å². The molecule has 3 nitrogen and oxygen atoms in total. The number of hydrogen-bond acceptors (Lipinski definition) is 2. The van der Waals surface area contributed by atoms with Gasteiger partial charge in [0.25, 0.3) is 0 Å². The molecule has 84 valence electrons. The van der Waals surface area contributed by atoms with Gasteiger partial charge < -0.3 is 0 Å². The summed E-state index contributed by atoms with van der Waals surface area (Å²) in [5.74, 6) is 1.64. The van der Waals surface area contributed by atoms with Gasteiger partial charge in [-0.25, -0.2) is 9.50 Å². The van der Waals surface area contributed by atoms with Gasteiger partial charge in [-0.2, -0.15) is 5.10 Å². The predicted octanol–water partition coefficient (Wildman–Crippen LogP) is 3.09. The van der Waals surface area contributed by atoms with Crippen LogP contribution >= 0.6 is 0 Å². The van der Waals surface area contributed by atoms with Crippen LogP contribution in [0.25, 0.3) is 5.65 Å². The topological polar surface area (TPSA) is 30.2 Å². The Labute approximate surface area is 95.5 Å². The highest BCUT2D eigenvalue weighted by atomic mass is 15.3. The molecule has 0 unspecified atom stereocenters. The lowest BCUT2D eigenvalue weighted by molar-refractivity contribution is 0.429. The van der Waals surface area contributed by atoms with E-state index in [1.165, 1.54) is 37.7 Å². The monoisotopic (exact) mass is 215 g/mol. The van der Waals surface area contributed by atoms with Gasteiger partial charge in [0.1, 0.15) is 0 Å². The lowest BCUT2D eigenvalue weighted by Crippen LogP contribution is -2.06. The Morgan fingerprint density at radius 2 is 2.00 bits per heavy atom. The molecule has 2 aromatic rings. The van der Waals surface area contributed by atoms with Crippen LogP contribution < -0.4 is 0 Å². The first-order valence-corrected chi connectivity index (χ1v) is 6.16. The van der Waals surface area contributed by atoms with Gasteiger partial charge >= 0.3 is 0 Å². The summed E-state index contributed by atoms with van der Waals surface area (Å²) in [6.45, 7) is 2.08. The largest absolute Gasteiger partial charge is 0.221 e. The van der Waals surface area contributed by atoms with Gasteiger partial charge in [-0.15, -0.1) is 0 Å². The molecule has 0 N–H and O–H groups in total. The highest BCUT2D eigenvalue weighted by molar-refractivity contribution is 5.38. The highest BCUT2D eigenvalue weighted by Gasteiger charge is 2.19. The number of rotatable bonds is 1. The minimum absolute atomic E-state index is 0.592. The highest BCUT2D eigenvalue weighted by Crippen LogP contribution is 2.30. The van der Waals surface area contributed by atoms with Crippen molar-refractivity contribution in [1.29, 1.82) is 0 Å². The van der Waals surface area contributed by atoms with Gasteiger partial charge in [0.05, 0.1) is 0 Å². The maximum Gasteiger partial charge on any atom is 0.155 e. The van der Waals surface area contributed by atoms with Gasteiger partial charge in [-0.1, -0.05) is 25.3 Å². The molecule has 0 aliphatic heterocycles. The number of pyridine rings is 1.